The number of halogens is 2. The maximum Gasteiger partial charge on any atom is 0.238 e. The molecule has 4 rings (SSSR count). The Hall–Kier alpha value is -2.31. The highest BCUT2D eigenvalue weighted by molar-refractivity contribution is 6.09. The number of carbonyl (C=O) groups is 1. The van der Waals surface area contributed by atoms with Gasteiger partial charge in [0.25, 0.3) is 0 Å². The number of rotatable bonds is 5. The second kappa shape index (κ2) is 7.84. The van der Waals surface area contributed by atoms with Crippen LogP contribution in [-0.2, 0) is 10.2 Å². The third-order valence-corrected chi connectivity index (χ3v) is 6.32. The van der Waals surface area contributed by atoms with Crippen LogP contribution in [0.1, 0.15) is 49.3 Å². The zero-order valence-electron chi connectivity index (χ0n) is 16.5. The van der Waals surface area contributed by atoms with Crippen molar-refractivity contribution < 1.29 is 18.7 Å². The summed E-state index contributed by atoms with van der Waals surface area (Å²) in [6.07, 6.45) is 3.15. The van der Waals surface area contributed by atoms with Crippen molar-refractivity contribution in [2.75, 3.05) is 18.5 Å². The van der Waals surface area contributed by atoms with Gasteiger partial charge in [-0.25, -0.2) is 8.78 Å². The summed E-state index contributed by atoms with van der Waals surface area (Å²) in [7, 11) is 1.69. The van der Waals surface area contributed by atoms with Crippen molar-refractivity contribution in [2.24, 2.45) is 0 Å². The van der Waals surface area contributed by atoms with Gasteiger partial charge in [0.2, 0.25) is 5.91 Å². The predicted molar refractivity (Wildman–Crippen MR) is 108 cm³/mol. The molecule has 1 amide bonds. The molecule has 1 heterocycles. The van der Waals surface area contributed by atoms with Crippen LogP contribution in [0.3, 0.4) is 0 Å². The highest BCUT2D eigenvalue weighted by Gasteiger charge is 2.54. The lowest BCUT2D eigenvalue weighted by Gasteiger charge is -2.36. The van der Waals surface area contributed by atoms with E-state index < -0.39 is 29.2 Å². The lowest BCUT2D eigenvalue weighted by Crippen LogP contribution is -2.48. The molecule has 2 atom stereocenters. The second-order valence-electron chi connectivity index (χ2n) is 8.08. The summed E-state index contributed by atoms with van der Waals surface area (Å²) in [6, 6.07) is 9.76. The number of nitrogens with zero attached hydrogens (tertiary/aromatic N) is 1. The van der Waals surface area contributed by atoms with Crippen molar-refractivity contribution in [1.82, 2.24) is 5.32 Å². The molecule has 0 bridgehead atoms. The lowest BCUT2D eigenvalue weighted by atomic mass is 9.70. The van der Waals surface area contributed by atoms with Crippen molar-refractivity contribution in [1.29, 1.82) is 0 Å². The monoisotopic (exact) mass is 400 g/mol. The average molecular weight is 400 g/mol. The number of aliphatic hydroxyl groups excluding tert-OH is 1. The van der Waals surface area contributed by atoms with E-state index in [1.807, 2.05) is 6.07 Å². The molecular formula is C23H26F2N2O2. The number of carbonyl (C=O) groups excluding carboxylic acids is 1. The van der Waals surface area contributed by atoms with Gasteiger partial charge >= 0.3 is 0 Å². The van der Waals surface area contributed by atoms with Crippen molar-refractivity contribution in [3.05, 3.63) is 65.2 Å². The number of fused-ring (bicyclic) bond motifs is 2. The minimum Gasteiger partial charge on any atom is -0.389 e. The van der Waals surface area contributed by atoms with E-state index in [4.69, 9.17) is 0 Å². The SMILES string of the molecule is CNC[C@@H](O)[C@H](c1cccc(F)c1)N1C(=O)C2(CCCCC2)c2cccc(F)c21. The van der Waals surface area contributed by atoms with Gasteiger partial charge in [0.1, 0.15) is 11.6 Å². The van der Waals surface area contributed by atoms with E-state index in [2.05, 4.69) is 5.32 Å². The Morgan fingerprint density at radius 1 is 1.14 bits per heavy atom. The zero-order chi connectivity index (χ0) is 20.6. The normalized spacial score (nSPS) is 20.0. The number of likely N-dealkylation sites (N-methyl/N-ethyl adjacent to an activating group) is 1. The van der Waals surface area contributed by atoms with Crippen molar-refractivity contribution >= 4 is 11.6 Å². The Balaban J connectivity index is 1.90. The smallest absolute Gasteiger partial charge is 0.238 e. The molecule has 2 aromatic rings. The zero-order valence-corrected chi connectivity index (χ0v) is 16.5. The third kappa shape index (κ3) is 3.24. The molecule has 2 aromatic carbocycles. The van der Waals surface area contributed by atoms with Crippen LogP contribution in [0, 0.1) is 11.6 Å². The fraction of sp³-hybridized carbons (Fsp3) is 0.435. The molecule has 1 aliphatic carbocycles. The minimum absolute atomic E-state index is 0.182. The molecule has 29 heavy (non-hydrogen) atoms. The van der Waals surface area contributed by atoms with Crippen molar-refractivity contribution in [3.8, 4) is 0 Å². The molecule has 6 heteroatoms. The van der Waals surface area contributed by atoms with Gasteiger partial charge in [-0.15, -0.1) is 0 Å². The molecular weight excluding hydrogens is 374 g/mol. The molecule has 4 nitrogen and oxygen atoms in total. The summed E-state index contributed by atoms with van der Waals surface area (Å²) < 4.78 is 29.1. The molecule has 2 N–H and O–H groups in total. The van der Waals surface area contributed by atoms with E-state index in [-0.39, 0.29) is 18.1 Å². The van der Waals surface area contributed by atoms with Crippen LogP contribution in [0.4, 0.5) is 14.5 Å². The fourth-order valence-electron chi connectivity index (χ4n) is 5.05. The lowest BCUT2D eigenvalue weighted by molar-refractivity contribution is -0.125. The molecule has 0 aromatic heterocycles. The van der Waals surface area contributed by atoms with E-state index in [0.29, 0.717) is 24.0 Å². The van der Waals surface area contributed by atoms with Gasteiger partial charge in [0.05, 0.1) is 23.2 Å². The highest BCUT2D eigenvalue weighted by Crippen LogP contribution is 2.53. The second-order valence-corrected chi connectivity index (χ2v) is 8.08. The van der Waals surface area contributed by atoms with Gasteiger partial charge in [0, 0.05) is 6.54 Å². The first-order valence-electron chi connectivity index (χ1n) is 10.2. The maximum atomic E-state index is 15.1. The molecule has 0 saturated heterocycles. The van der Waals surface area contributed by atoms with Gasteiger partial charge in [0.15, 0.2) is 0 Å². The Kier molecular flexibility index (Phi) is 5.40. The molecule has 0 unspecified atom stereocenters. The Morgan fingerprint density at radius 3 is 2.55 bits per heavy atom. The number of para-hydroxylation sites is 1. The Labute approximate surface area is 169 Å². The van der Waals surface area contributed by atoms with Crippen molar-refractivity contribution in [2.45, 2.75) is 49.7 Å². The summed E-state index contributed by atoms with van der Waals surface area (Å²) in [6.45, 7) is 0.182. The largest absolute Gasteiger partial charge is 0.389 e. The third-order valence-electron chi connectivity index (χ3n) is 6.32. The van der Waals surface area contributed by atoms with Crippen LogP contribution in [0.15, 0.2) is 42.5 Å². The fourth-order valence-corrected chi connectivity index (χ4v) is 5.05. The summed E-state index contributed by atoms with van der Waals surface area (Å²) in [5.41, 5.74) is 0.605. The van der Waals surface area contributed by atoms with Crippen LogP contribution in [0.5, 0.6) is 0 Å². The predicted octanol–water partition coefficient (Wildman–Crippen LogP) is 3.83. The van der Waals surface area contributed by atoms with E-state index in [0.717, 1.165) is 19.3 Å². The van der Waals surface area contributed by atoms with Crippen LogP contribution in [-0.4, -0.2) is 30.7 Å². The van der Waals surface area contributed by atoms with Gasteiger partial charge in [-0.3, -0.25) is 9.69 Å². The van der Waals surface area contributed by atoms with Gasteiger partial charge < -0.3 is 10.4 Å². The van der Waals surface area contributed by atoms with Crippen molar-refractivity contribution in [3.63, 3.8) is 0 Å². The number of hydrogen-bond acceptors (Lipinski definition) is 3. The number of hydrogen-bond donors (Lipinski definition) is 2. The summed E-state index contributed by atoms with van der Waals surface area (Å²) in [4.78, 5) is 15.2. The number of nitrogens with one attached hydrogen (secondary N) is 1. The first kappa shape index (κ1) is 20.0. The summed E-state index contributed by atoms with van der Waals surface area (Å²) in [5, 5.41) is 13.8. The van der Waals surface area contributed by atoms with Gasteiger partial charge in [-0.2, -0.15) is 0 Å². The maximum absolute atomic E-state index is 15.1. The topological polar surface area (TPSA) is 52.6 Å². The number of aliphatic hydroxyl groups is 1. The number of benzene rings is 2. The molecule has 0 radical (unpaired) electrons. The average Bonchev–Trinajstić information content (AvgIpc) is 2.93. The van der Waals surface area contributed by atoms with Gasteiger partial charge in [-0.1, -0.05) is 43.5 Å². The van der Waals surface area contributed by atoms with E-state index >= 15 is 4.39 Å². The number of amides is 1. The molecule has 1 fully saturated rings. The van der Waals surface area contributed by atoms with Crippen LogP contribution in [0.2, 0.25) is 0 Å². The first-order valence-corrected chi connectivity index (χ1v) is 10.2. The minimum atomic E-state index is -1.03. The quantitative estimate of drug-likeness (QED) is 0.802. The standard InChI is InChI=1S/C23H26F2N2O2/c1-26-14-19(28)20(15-7-5-8-16(24)13-15)27-21-17(9-6-10-18(21)25)23(22(27)29)11-3-2-4-12-23/h5-10,13,19-20,26,28H,2-4,11-12,14H2,1H3/t19-,20+/m1/s1. The molecule has 1 spiro atoms. The van der Waals surface area contributed by atoms with Crippen LogP contribution in [0.25, 0.3) is 0 Å². The Morgan fingerprint density at radius 2 is 1.86 bits per heavy atom. The molecule has 1 aliphatic heterocycles. The first-order chi connectivity index (χ1) is 14.0. The summed E-state index contributed by atoms with van der Waals surface area (Å²) >= 11 is 0. The summed E-state index contributed by atoms with van der Waals surface area (Å²) in [5.74, 6) is -1.14. The van der Waals surface area contributed by atoms with E-state index in [1.165, 1.54) is 23.1 Å². The van der Waals surface area contributed by atoms with Gasteiger partial charge in [-0.05, 0) is 49.2 Å². The van der Waals surface area contributed by atoms with Crippen LogP contribution >= 0.6 is 0 Å². The highest BCUT2D eigenvalue weighted by atomic mass is 19.1. The molecule has 154 valence electrons. The molecule has 2 aliphatic rings. The number of anilines is 1. The van der Waals surface area contributed by atoms with Crippen LogP contribution < -0.4 is 10.2 Å². The van der Waals surface area contributed by atoms with E-state index in [1.54, 1.807) is 25.2 Å². The van der Waals surface area contributed by atoms with E-state index in [9.17, 15) is 14.3 Å². The molecule has 1 saturated carbocycles. The Bertz CT molecular complexity index is 912.